The number of nitrogens with one attached hydrogen (secondary N) is 1. The van der Waals surface area contributed by atoms with Crippen molar-refractivity contribution >= 4 is 53.6 Å². The summed E-state index contributed by atoms with van der Waals surface area (Å²) < 4.78 is 0.732. The van der Waals surface area contributed by atoms with Gasteiger partial charge in [0.05, 0.1) is 5.69 Å². The third-order valence-electron chi connectivity index (χ3n) is 1.69. The van der Waals surface area contributed by atoms with E-state index in [1.807, 2.05) is 24.3 Å². The molecular weight excluding hydrogens is 226 g/mol. The van der Waals surface area contributed by atoms with Gasteiger partial charge in [-0.2, -0.15) is 0 Å². The minimum Gasteiger partial charge on any atom is -0.340 e. The van der Waals surface area contributed by atoms with Crippen LogP contribution in [-0.4, -0.2) is 4.32 Å². The summed E-state index contributed by atoms with van der Waals surface area (Å²) in [6.07, 6.45) is 0. The molecular formula is C7H7NS4. The molecule has 0 aromatic heterocycles. The van der Waals surface area contributed by atoms with Gasteiger partial charge in [0.1, 0.15) is 4.32 Å². The fraction of sp³-hybridized carbons (Fsp3) is 0. The van der Waals surface area contributed by atoms with E-state index in [2.05, 4.69) is 28.6 Å². The molecule has 12 heavy (non-hydrogen) atoms. The van der Waals surface area contributed by atoms with E-state index in [1.165, 1.54) is 0 Å². The highest BCUT2D eigenvalue weighted by Crippen LogP contribution is 2.70. The van der Waals surface area contributed by atoms with Crippen molar-refractivity contribution in [2.75, 3.05) is 5.32 Å². The van der Waals surface area contributed by atoms with E-state index in [9.17, 15) is 0 Å². The number of benzene rings is 1. The highest BCUT2D eigenvalue weighted by molar-refractivity contribution is 9.24. The topological polar surface area (TPSA) is 12.0 Å². The maximum Gasteiger partial charge on any atom is 0.142 e. The summed E-state index contributed by atoms with van der Waals surface area (Å²) >= 11 is 14.1. The lowest BCUT2D eigenvalue weighted by Gasteiger charge is -2.20. The van der Waals surface area contributed by atoms with Gasteiger partial charge in [-0.05, 0) is 12.1 Å². The van der Waals surface area contributed by atoms with Crippen molar-refractivity contribution in [3.05, 3.63) is 24.3 Å². The van der Waals surface area contributed by atoms with E-state index < -0.39 is 8.09 Å². The standard InChI is InChI=1S/C7H7NS4/c9-7-8-5-3-1-2-4-6(5)12(7,10)11/h1-4,10-11H,(H,8,9). The van der Waals surface area contributed by atoms with Gasteiger partial charge in [0.25, 0.3) is 0 Å². The van der Waals surface area contributed by atoms with E-state index in [0.717, 1.165) is 14.9 Å². The predicted octanol–water partition coefficient (Wildman–Crippen LogP) is 3.25. The number of hydrogen-bond donors (Lipinski definition) is 3. The molecule has 0 saturated heterocycles. The molecule has 1 N–H and O–H groups in total. The van der Waals surface area contributed by atoms with Crippen LogP contribution in [0, 0.1) is 0 Å². The van der Waals surface area contributed by atoms with E-state index in [0.29, 0.717) is 0 Å². The first kappa shape index (κ1) is 8.74. The molecule has 0 fully saturated rings. The largest absolute Gasteiger partial charge is 0.340 e. The van der Waals surface area contributed by atoms with Crippen LogP contribution in [0.5, 0.6) is 0 Å². The molecule has 0 saturated carbocycles. The Balaban J connectivity index is 2.63. The second-order valence-electron chi connectivity index (χ2n) is 2.46. The molecule has 1 aromatic carbocycles. The lowest BCUT2D eigenvalue weighted by Crippen LogP contribution is -2.00. The Hall–Kier alpha value is 0.160. The highest BCUT2D eigenvalue weighted by Gasteiger charge is 2.32. The zero-order valence-corrected chi connectivity index (χ0v) is 9.44. The van der Waals surface area contributed by atoms with Crippen LogP contribution in [0.3, 0.4) is 0 Å². The third-order valence-corrected chi connectivity index (χ3v) is 7.15. The lowest BCUT2D eigenvalue weighted by molar-refractivity contribution is 1.48. The van der Waals surface area contributed by atoms with Gasteiger partial charge < -0.3 is 5.32 Å². The number of thiocarbonyl (C=S) groups is 1. The Morgan fingerprint density at radius 2 is 1.92 bits per heavy atom. The first-order valence-electron chi connectivity index (χ1n) is 3.30. The van der Waals surface area contributed by atoms with Crippen molar-refractivity contribution in [2.24, 2.45) is 0 Å². The molecule has 0 spiro atoms. The van der Waals surface area contributed by atoms with Crippen LogP contribution in [0.15, 0.2) is 29.2 Å². The molecule has 0 atom stereocenters. The molecule has 1 aliphatic heterocycles. The summed E-state index contributed by atoms with van der Waals surface area (Å²) in [7, 11) is -1.48. The number of anilines is 1. The minimum atomic E-state index is -1.48. The number of rotatable bonds is 0. The smallest absolute Gasteiger partial charge is 0.142 e. The zero-order chi connectivity index (χ0) is 8.77. The summed E-state index contributed by atoms with van der Waals surface area (Å²) in [5.74, 6) is 0. The molecule has 1 nitrogen and oxygen atoms in total. The van der Waals surface area contributed by atoms with Gasteiger partial charge in [0.15, 0.2) is 0 Å². The molecule has 0 aliphatic carbocycles. The fourth-order valence-corrected chi connectivity index (χ4v) is 3.85. The van der Waals surface area contributed by atoms with E-state index in [4.69, 9.17) is 12.2 Å². The zero-order valence-electron chi connectivity index (χ0n) is 6.02. The molecule has 2 rings (SSSR count). The van der Waals surface area contributed by atoms with E-state index in [1.54, 1.807) is 0 Å². The van der Waals surface area contributed by atoms with Gasteiger partial charge in [-0.3, -0.25) is 0 Å². The summed E-state index contributed by atoms with van der Waals surface area (Å²) in [6.45, 7) is 0. The van der Waals surface area contributed by atoms with Gasteiger partial charge in [0, 0.05) is 4.90 Å². The van der Waals surface area contributed by atoms with Crippen LogP contribution in [0.1, 0.15) is 0 Å². The third kappa shape index (κ3) is 1.16. The number of para-hydroxylation sites is 1. The minimum absolute atomic E-state index is 0.732. The average molecular weight is 233 g/mol. The van der Waals surface area contributed by atoms with E-state index >= 15 is 0 Å². The van der Waals surface area contributed by atoms with Crippen molar-refractivity contribution in [3.63, 3.8) is 0 Å². The quantitative estimate of drug-likeness (QED) is 0.275. The monoisotopic (exact) mass is 233 g/mol. The molecule has 64 valence electrons. The summed E-state index contributed by atoms with van der Waals surface area (Å²) in [4.78, 5) is 1.11. The Kier molecular flexibility index (Phi) is 2.07. The normalized spacial score (nSPS) is 21.3. The van der Waals surface area contributed by atoms with Crippen LogP contribution in [0.25, 0.3) is 0 Å². The molecule has 5 heteroatoms. The Labute approximate surface area is 87.9 Å². The van der Waals surface area contributed by atoms with Gasteiger partial charge in [0.2, 0.25) is 0 Å². The molecule has 0 radical (unpaired) electrons. The van der Waals surface area contributed by atoms with Crippen molar-refractivity contribution in [3.8, 4) is 0 Å². The fourth-order valence-electron chi connectivity index (χ4n) is 1.10. The van der Waals surface area contributed by atoms with Crippen molar-refractivity contribution in [1.29, 1.82) is 0 Å². The Bertz CT molecular complexity index is 347. The predicted molar refractivity (Wildman–Crippen MR) is 66.5 cm³/mol. The molecule has 1 aromatic rings. The Morgan fingerprint density at radius 1 is 1.25 bits per heavy atom. The van der Waals surface area contributed by atoms with Crippen LogP contribution in [0.2, 0.25) is 0 Å². The van der Waals surface area contributed by atoms with Crippen LogP contribution >= 0.6 is 43.6 Å². The van der Waals surface area contributed by atoms with Crippen LogP contribution in [-0.2, 0) is 0 Å². The van der Waals surface area contributed by atoms with Crippen LogP contribution < -0.4 is 5.32 Å². The second-order valence-corrected chi connectivity index (χ2v) is 9.22. The molecule has 0 bridgehead atoms. The molecule has 0 amide bonds. The van der Waals surface area contributed by atoms with E-state index in [-0.39, 0.29) is 0 Å². The van der Waals surface area contributed by atoms with Gasteiger partial charge >= 0.3 is 0 Å². The average Bonchev–Trinajstić information content (AvgIpc) is 2.25. The molecule has 0 unspecified atom stereocenters. The molecule has 1 heterocycles. The maximum absolute atomic E-state index is 5.13. The number of thiol groups is 2. The van der Waals surface area contributed by atoms with Crippen molar-refractivity contribution < 1.29 is 0 Å². The molecule has 1 aliphatic rings. The van der Waals surface area contributed by atoms with Crippen LogP contribution in [0.4, 0.5) is 5.69 Å². The van der Waals surface area contributed by atoms with Crippen molar-refractivity contribution in [2.45, 2.75) is 4.90 Å². The van der Waals surface area contributed by atoms with Gasteiger partial charge in [-0.15, -0.1) is 23.3 Å². The van der Waals surface area contributed by atoms with Gasteiger partial charge in [-0.1, -0.05) is 32.4 Å². The number of fused-ring (bicyclic) bond motifs is 1. The SMILES string of the molecule is S=C1Nc2ccccc2S1(S)S. The Morgan fingerprint density at radius 3 is 2.58 bits per heavy atom. The second kappa shape index (κ2) is 2.83. The summed E-state index contributed by atoms with van der Waals surface area (Å²) in [5.41, 5.74) is 1.04. The summed E-state index contributed by atoms with van der Waals surface area (Å²) in [5, 5.41) is 3.10. The lowest BCUT2D eigenvalue weighted by atomic mass is 10.3. The van der Waals surface area contributed by atoms with Gasteiger partial charge in [-0.25, -0.2) is 0 Å². The first-order chi connectivity index (χ1) is 5.62. The maximum atomic E-state index is 5.13. The first-order valence-corrected chi connectivity index (χ1v) is 7.45. The number of hydrogen-bond acceptors (Lipinski definition) is 3. The highest BCUT2D eigenvalue weighted by atomic mass is 33.5. The van der Waals surface area contributed by atoms with Crippen molar-refractivity contribution in [1.82, 2.24) is 0 Å². The summed E-state index contributed by atoms with van der Waals surface area (Å²) in [6, 6.07) is 7.94.